The fraction of sp³-hybridized carbons (Fsp3) is 0.889. The summed E-state index contributed by atoms with van der Waals surface area (Å²) in [4.78, 5) is 10.9. The van der Waals surface area contributed by atoms with Crippen LogP contribution in [0.5, 0.6) is 0 Å². The summed E-state index contributed by atoms with van der Waals surface area (Å²) in [6, 6.07) is 0. The normalized spacial score (nSPS) is 35.8. The Morgan fingerprint density at radius 2 is 2.25 bits per heavy atom. The largest absolute Gasteiger partial charge is 0.480 e. The Balaban J connectivity index is 2.81. The maximum absolute atomic E-state index is 10.9. The van der Waals surface area contributed by atoms with Crippen molar-refractivity contribution >= 4 is 5.97 Å². The first-order valence-electron chi connectivity index (χ1n) is 4.50. The molecule has 0 heterocycles. The lowest BCUT2D eigenvalue weighted by Gasteiger charge is -2.29. The predicted octanol–water partition coefficient (Wildman–Crippen LogP) is 1.22. The van der Waals surface area contributed by atoms with E-state index in [1.165, 1.54) is 0 Å². The zero-order valence-electron chi connectivity index (χ0n) is 7.71. The number of carboxylic acids is 1. The number of carboxylic acid groups (broad SMARTS) is 1. The number of hydrogen-bond acceptors (Lipinski definition) is 2. The fourth-order valence-electron chi connectivity index (χ4n) is 2.25. The highest BCUT2D eigenvalue weighted by Gasteiger charge is 2.46. The molecule has 1 aliphatic rings. The van der Waals surface area contributed by atoms with Gasteiger partial charge in [-0.25, -0.2) is 0 Å². The molecule has 0 saturated heterocycles. The minimum Gasteiger partial charge on any atom is -0.480 e. The van der Waals surface area contributed by atoms with Crippen LogP contribution in [0, 0.1) is 11.8 Å². The van der Waals surface area contributed by atoms with E-state index >= 15 is 0 Å². The average molecular weight is 171 g/mol. The van der Waals surface area contributed by atoms with Gasteiger partial charge in [-0.15, -0.1) is 0 Å². The van der Waals surface area contributed by atoms with Gasteiger partial charge in [0.15, 0.2) is 0 Å². The van der Waals surface area contributed by atoms with E-state index in [1.807, 2.05) is 13.8 Å². The molecular formula is C9H17NO2. The van der Waals surface area contributed by atoms with Crippen LogP contribution in [0.25, 0.3) is 0 Å². The maximum atomic E-state index is 10.9. The van der Waals surface area contributed by atoms with Crippen LogP contribution < -0.4 is 5.73 Å². The van der Waals surface area contributed by atoms with Gasteiger partial charge in [-0.1, -0.05) is 20.3 Å². The molecule has 0 aromatic carbocycles. The van der Waals surface area contributed by atoms with Gasteiger partial charge in [0, 0.05) is 0 Å². The topological polar surface area (TPSA) is 63.3 Å². The zero-order chi connectivity index (χ0) is 9.35. The van der Waals surface area contributed by atoms with E-state index in [0.717, 1.165) is 12.8 Å². The van der Waals surface area contributed by atoms with Crippen molar-refractivity contribution in [2.75, 3.05) is 0 Å². The van der Waals surface area contributed by atoms with E-state index < -0.39 is 11.5 Å². The summed E-state index contributed by atoms with van der Waals surface area (Å²) in [5.74, 6) is -0.317. The van der Waals surface area contributed by atoms with Gasteiger partial charge in [0.1, 0.15) is 5.54 Å². The second-order valence-corrected chi connectivity index (χ2v) is 4.09. The molecule has 3 N–H and O–H groups in total. The highest BCUT2D eigenvalue weighted by atomic mass is 16.4. The Morgan fingerprint density at radius 1 is 1.67 bits per heavy atom. The van der Waals surface area contributed by atoms with E-state index in [4.69, 9.17) is 10.8 Å². The summed E-state index contributed by atoms with van der Waals surface area (Å²) < 4.78 is 0. The molecule has 1 unspecified atom stereocenters. The van der Waals surface area contributed by atoms with Crippen LogP contribution in [0.4, 0.5) is 0 Å². The van der Waals surface area contributed by atoms with E-state index in [0.29, 0.717) is 12.3 Å². The molecule has 1 saturated carbocycles. The van der Waals surface area contributed by atoms with E-state index in [2.05, 4.69) is 0 Å². The second kappa shape index (κ2) is 3.05. The standard InChI is InChI=1S/C9H17NO2/c1-6(2)7-4-3-5-9(7,10)8(11)12/h6-7H,3-5,10H2,1-2H3,(H,11,12)/t7?,9-/m0/s1. The third-order valence-corrected chi connectivity index (χ3v) is 2.97. The Morgan fingerprint density at radius 3 is 2.58 bits per heavy atom. The number of aliphatic carboxylic acids is 1. The van der Waals surface area contributed by atoms with Gasteiger partial charge in [-0.05, 0) is 24.7 Å². The third-order valence-electron chi connectivity index (χ3n) is 2.97. The van der Waals surface area contributed by atoms with Crippen molar-refractivity contribution in [3.8, 4) is 0 Å². The van der Waals surface area contributed by atoms with Crippen molar-refractivity contribution < 1.29 is 9.90 Å². The van der Waals surface area contributed by atoms with Gasteiger partial charge in [0.2, 0.25) is 0 Å². The summed E-state index contributed by atoms with van der Waals surface area (Å²) in [6.45, 7) is 4.08. The van der Waals surface area contributed by atoms with Crippen molar-refractivity contribution in [3.63, 3.8) is 0 Å². The Hall–Kier alpha value is -0.570. The van der Waals surface area contributed by atoms with Crippen LogP contribution in [0.3, 0.4) is 0 Å². The number of nitrogens with two attached hydrogens (primary N) is 1. The van der Waals surface area contributed by atoms with Crippen LogP contribution in [0.1, 0.15) is 33.1 Å². The summed E-state index contributed by atoms with van der Waals surface area (Å²) in [5.41, 5.74) is 4.90. The van der Waals surface area contributed by atoms with Gasteiger partial charge < -0.3 is 10.8 Å². The molecule has 0 amide bonds. The highest BCUT2D eigenvalue weighted by molar-refractivity contribution is 5.79. The van der Waals surface area contributed by atoms with Gasteiger partial charge in [-0.3, -0.25) is 4.79 Å². The highest BCUT2D eigenvalue weighted by Crippen LogP contribution is 2.38. The molecule has 2 atom stereocenters. The van der Waals surface area contributed by atoms with Crippen LogP contribution in [0.2, 0.25) is 0 Å². The van der Waals surface area contributed by atoms with Crippen molar-refractivity contribution in [2.24, 2.45) is 17.6 Å². The smallest absolute Gasteiger partial charge is 0.323 e. The van der Waals surface area contributed by atoms with Crippen molar-refractivity contribution in [1.82, 2.24) is 0 Å². The van der Waals surface area contributed by atoms with Crippen LogP contribution in [-0.4, -0.2) is 16.6 Å². The maximum Gasteiger partial charge on any atom is 0.323 e. The zero-order valence-corrected chi connectivity index (χ0v) is 7.71. The van der Waals surface area contributed by atoms with Crippen LogP contribution >= 0.6 is 0 Å². The summed E-state index contributed by atoms with van der Waals surface area (Å²) in [6.07, 6.45) is 2.54. The molecule has 1 fully saturated rings. The summed E-state index contributed by atoms with van der Waals surface area (Å²) >= 11 is 0. The first-order chi connectivity index (χ1) is 5.48. The van der Waals surface area contributed by atoms with E-state index in [-0.39, 0.29) is 5.92 Å². The molecule has 1 rings (SSSR count). The van der Waals surface area contributed by atoms with E-state index in [9.17, 15) is 4.79 Å². The third kappa shape index (κ3) is 1.33. The molecule has 12 heavy (non-hydrogen) atoms. The Bertz CT molecular complexity index is 191. The summed E-state index contributed by atoms with van der Waals surface area (Å²) in [7, 11) is 0. The minimum absolute atomic E-state index is 0.148. The van der Waals surface area contributed by atoms with Crippen LogP contribution in [0.15, 0.2) is 0 Å². The average Bonchev–Trinajstić information content (AvgIpc) is 2.32. The fourth-order valence-corrected chi connectivity index (χ4v) is 2.25. The molecule has 0 spiro atoms. The van der Waals surface area contributed by atoms with Gasteiger partial charge in [0.05, 0.1) is 0 Å². The number of rotatable bonds is 2. The summed E-state index contributed by atoms with van der Waals surface area (Å²) in [5, 5.41) is 8.97. The molecule has 0 aromatic heterocycles. The number of hydrogen-bond donors (Lipinski definition) is 2. The lowest BCUT2D eigenvalue weighted by Crippen LogP contribution is -2.52. The molecule has 70 valence electrons. The van der Waals surface area contributed by atoms with Crippen molar-refractivity contribution in [2.45, 2.75) is 38.6 Å². The molecule has 3 nitrogen and oxygen atoms in total. The monoisotopic (exact) mass is 171 g/mol. The predicted molar refractivity (Wildman–Crippen MR) is 46.7 cm³/mol. The lowest BCUT2D eigenvalue weighted by atomic mass is 9.80. The molecular weight excluding hydrogens is 154 g/mol. The molecule has 0 radical (unpaired) electrons. The van der Waals surface area contributed by atoms with Gasteiger partial charge in [-0.2, -0.15) is 0 Å². The Labute approximate surface area is 72.9 Å². The minimum atomic E-state index is -0.950. The Kier molecular flexibility index (Phi) is 2.42. The first kappa shape index (κ1) is 9.52. The molecule has 3 heteroatoms. The number of carbonyl (C=O) groups is 1. The SMILES string of the molecule is CC(C)C1CCC[C@@]1(N)C(=O)O. The van der Waals surface area contributed by atoms with Crippen molar-refractivity contribution in [1.29, 1.82) is 0 Å². The van der Waals surface area contributed by atoms with E-state index in [1.54, 1.807) is 0 Å². The second-order valence-electron chi connectivity index (χ2n) is 4.09. The molecule has 1 aliphatic carbocycles. The first-order valence-corrected chi connectivity index (χ1v) is 4.50. The van der Waals surface area contributed by atoms with Crippen molar-refractivity contribution in [3.05, 3.63) is 0 Å². The van der Waals surface area contributed by atoms with Gasteiger partial charge >= 0.3 is 5.97 Å². The molecule has 0 aromatic rings. The quantitative estimate of drug-likeness (QED) is 0.656. The van der Waals surface area contributed by atoms with Crippen LogP contribution in [-0.2, 0) is 4.79 Å². The lowest BCUT2D eigenvalue weighted by molar-refractivity contribution is -0.145. The molecule has 0 bridgehead atoms. The molecule has 0 aliphatic heterocycles. The van der Waals surface area contributed by atoms with Gasteiger partial charge in [0.25, 0.3) is 0 Å².